The molecule has 1 heterocycles. The van der Waals surface area contributed by atoms with Crippen LogP contribution in [0.25, 0.3) is 6.08 Å². The second-order valence-electron chi connectivity index (χ2n) is 6.11. The smallest absolute Gasteiger partial charge is 0.416 e. The maximum atomic E-state index is 12.6. The van der Waals surface area contributed by atoms with Crippen molar-refractivity contribution in [3.05, 3.63) is 70.1 Å². The van der Waals surface area contributed by atoms with Crippen molar-refractivity contribution in [2.75, 3.05) is 13.2 Å². The highest BCUT2D eigenvalue weighted by atomic mass is 32.2. The van der Waals surface area contributed by atoms with Crippen molar-refractivity contribution < 1.29 is 27.5 Å². The van der Waals surface area contributed by atoms with E-state index < -0.39 is 22.9 Å². The summed E-state index contributed by atoms with van der Waals surface area (Å²) in [4.78, 5) is 25.7. The fraction of sp³-hybridized carbons (Fsp3) is 0.200. The van der Waals surface area contributed by atoms with Gasteiger partial charge < -0.3 is 4.74 Å². The number of thioether (sulfide) groups is 1. The highest BCUT2D eigenvalue weighted by Gasteiger charge is 2.35. The molecule has 1 aliphatic rings. The van der Waals surface area contributed by atoms with E-state index in [-0.39, 0.29) is 18.1 Å². The zero-order valence-electron chi connectivity index (χ0n) is 14.8. The fourth-order valence-electron chi connectivity index (χ4n) is 2.50. The number of carbonyl (C=O) groups is 2. The summed E-state index contributed by atoms with van der Waals surface area (Å²) >= 11 is 0.755. The zero-order chi connectivity index (χ0) is 20.3. The molecule has 0 radical (unpaired) electrons. The molecule has 8 heteroatoms. The molecule has 2 amide bonds. The normalized spacial score (nSPS) is 16.1. The first-order valence-electron chi connectivity index (χ1n) is 8.36. The highest BCUT2D eigenvalue weighted by molar-refractivity contribution is 8.18. The lowest BCUT2D eigenvalue weighted by Gasteiger charge is -2.13. The van der Waals surface area contributed by atoms with E-state index in [0.29, 0.717) is 11.3 Å². The lowest BCUT2D eigenvalue weighted by Crippen LogP contribution is -2.32. The summed E-state index contributed by atoms with van der Waals surface area (Å²) in [5, 5.41) is -0.435. The molecule has 4 nitrogen and oxygen atoms in total. The number of halogens is 3. The molecule has 1 saturated heterocycles. The largest absolute Gasteiger partial charge is 0.492 e. The summed E-state index contributed by atoms with van der Waals surface area (Å²) in [7, 11) is 0. The SMILES string of the molecule is Cc1ccc(OCCN2C(=O)S/C(=C\c3ccc(C(F)(F)F)cc3)C2=O)cc1. The number of hydrogen-bond donors (Lipinski definition) is 0. The Morgan fingerprint density at radius 3 is 2.29 bits per heavy atom. The third-order valence-corrected chi connectivity index (χ3v) is 4.92. The maximum absolute atomic E-state index is 12.6. The van der Waals surface area contributed by atoms with Crippen LogP contribution in [0.2, 0.25) is 0 Å². The topological polar surface area (TPSA) is 46.6 Å². The number of aryl methyl sites for hydroxylation is 1. The molecule has 3 rings (SSSR count). The van der Waals surface area contributed by atoms with Gasteiger partial charge in [-0.15, -0.1) is 0 Å². The number of hydrogen-bond acceptors (Lipinski definition) is 4. The van der Waals surface area contributed by atoms with Crippen LogP contribution in [0.5, 0.6) is 5.75 Å². The molecule has 0 unspecified atom stereocenters. The molecule has 2 aromatic carbocycles. The average molecular weight is 407 g/mol. The lowest BCUT2D eigenvalue weighted by atomic mass is 10.1. The molecule has 146 valence electrons. The summed E-state index contributed by atoms with van der Waals surface area (Å²) in [5.74, 6) is 0.153. The molecule has 1 fully saturated rings. The number of rotatable bonds is 5. The predicted molar refractivity (Wildman–Crippen MR) is 101 cm³/mol. The Bertz CT molecular complexity index is 906. The Balaban J connectivity index is 1.62. The number of benzene rings is 2. The Kier molecular flexibility index (Phi) is 5.79. The van der Waals surface area contributed by atoms with E-state index in [1.165, 1.54) is 18.2 Å². The second-order valence-corrected chi connectivity index (χ2v) is 7.11. The van der Waals surface area contributed by atoms with E-state index in [1.807, 2.05) is 19.1 Å². The Morgan fingerprint density at radius 2 is 1.68 bits per heavy atom. The minimum Gasteiger partial charge on any atom is -0.492 e. The molecular weight excluding hydrogens is 391 g/mol. The van der Waals surface area contributed by atoms with Gasteiger partial charge in [0.25, 0.3) is 11.1 Å². The van der Waals surface area contributed by atoms with Gasteiger partial charge in [-0.25, -0.2) is 0 Å². The minimum absolute atomic E-state index is 0.0862. The van der Waals surface area contributed by atoms with E-state index in [9.17, 15) is 22.8 Å². The molecule has 0 aromatic heterocycles. The van der Waals surface area contributed by atoms with Gasteiger partial charge in [-0.3, -0.25) is 14.5 Å². The maximum Gasteiger partial charge on any atom is 0.416 e. The van der Waals surface area contributed by atoms with Gasteiger partial charge in [-0.2, -0.15) is 13.2 Å². The van der Waals surface area contributed by atoms with Gasteiger partial charge in [0, 0.05) is 0 Å². The van der Waals surface area contributed by atoms with Crippen LogP contribution in [0.15, 0.2) is 53.4 Å². The molecule has 0 saturated carbocycles. The Morgan fingerprint density at radius 1 is 1.04 bits per heavy atom. The van der Waals surface area contributed by atoms with Gasteiger partial charge >= 0.3 is 6.18 Å². The van der Waals surface area contributed by atoms with Crippen molar-refractivity contribution >= 4 is 29.0 Å². The summed E-state index contributed by atoms with van der Waals surface area (Å²) in [6, 6.07) is 11.8. The van der Waals surface area contributed by atoms with Crippen molar-refractivity contribution in [3.63, 3.8) is 0 Å². The first-order chi connectivity index (χ1) is 13.2. The number of ether oxygens (including phenoxy) is 1. The van der Waals surface area contributed by atoms with E-state index >= 15 is 0 Å². The number of nitrogens with zero attached hydrogens (tertiary/aromatic N) is 1. The quantitative estimate of drug-likeness (QED) is 0.645. The van der Waals surface area contributed by atoms with E-state index in [2.05, 4.69) is 0 Å². The average Bonchev–Trinajstić information content (AvgIpc) is 2.90. The standard InChI is InChI=1S/C20H16F3NO3S/c1-13-2-8-16(9-3-13)27-11-10-24-18(25)17(28-19(24)26)12-14-4-6-15(7-5-14)20(21,22)23/h2-9,12H,10-11H2,1H3/b17-12-. The number of imide groups is 1. The first-order valence-corrected chi connectivity index (χ1v) is 9.18. The molecule has 0 N–H and O–H groups in total. The van der Waals surface area contributed by atoms with Crippen molar-refractivity contribution in [1.29, 1.82) is 0 Å². The highest BCUT2D eigenvalue weighted by Crippen LogP contribution is 2.33. The Labute approximate surface area is 164 Å². The van der Waals surface area contributed by atoms with Gasteiger partial charge in [0.05, 0.1) is 17.0 Å². The molecule has 2 aromatic rings. The van der Waals surface area contributed by atoms with Crippen molar-refractivity contribution in [2.45, 2.75) is 13.1 Å². The van der Waals surface area contributed by atoms with E-state index in [4.69, 9.17) is 4.74 Å². The van der Waals surface area contributed by atoms with Crippen LogP contribution in [0.3, 0.4) is 0 Å². The summed E-state index contributed by atoms with van der Waals surface area (Å²) in [6.07, 6.45) is -3.01. The molecular formula is C20H16F3NO3S. The van der Waals surface area contributed by atoms with Crippen LogP contribution in [-0.2, 0) is 11.0 Å². The van der Waals surface area contributed by atoms with Crippen LogP contribution >= 0.6 is 11.8 Å². The van der Waals surface area contributed by atoms with Crippen LogP contribution < -0.4 is 4.74 Å². The third kappa shape index (κ3) is 4.75. The lowest BCUT2D eigenvalue weighted by molar-refractivity contribution is -0.137. The molecule has 0 aliphatic carbocycles. The zero-order valence-corrected chi connectivity index (χ0v) is 15.6. The monoisotopic (exact) mass is 407 g/mol. The summed E-state index contributed by atoms with van der Waals surface area (Å²) < 4.78 is 43.4. The number of amides is 2. The first kappa shape index (κ1) is 20.0. The van der Waals surface area contributed by atoms with Gasteiger partial charge in [-0.1, -0.05) is 29.8 Å². The van der Waals surface area contributed by atoms with Crippen LogP contribution in [0, 0.1) is 6.92 Å². The van der Waals surface area contributed by atoms with E-state index in [0.717, 1.165) is 34.4 Å². The third-order valence-electron chi connectivity index (χ3n) is 4.01. The van der Waals surface area contributed by atoms with Gasteiger partial charge in [-0.05, 0) is 54.6 Å². The Hall–Kier alpha value is -2.74. The van der Waals surface area contributed by atoms with Gasteiger partial charge in [0.15, 0.2) is 0 Å². The van der Waals surface area contributed by atoms with Crippen molar-refractivity contribution in [3.8, 4) is 5.75 Å². The van der Waals surface area contributed by atoms with Crippen molar-refractivity contribution in [1.82, 2.24) is 4.90 Å². The number of alkyl halides is 3. The number of carbonyl (C=O) groups excluding carboxylic acids is 2. The van der Waals surface area contributed by atoms with Crippen LogP contribution in [0.4, 0.5) is 18.0 Å². The summed E-state index contributed by atoms with van der Waals surface area (Å²) in [5.41, 5.74) is 0.729. The van der Waals surface area contributed by atoms with Crippen LogP contribution in [0.1, 0.15) is 16.7 Å². The van der Waals surface area contributed by atoms with E-state index in [1.54, 1.807) is 12.1 Å². The predicted octanol–water partition coefficient (Wildman–Crippen LogP) is 5.13. The molecule has 28 heavy (non-hydrogen) atoms. The fourth-order valence-corrected chi connectivity index (χ4v) is 3.37. The van der Waals surface area contributed by atoms with Crippen LogP contribution in [-0.4, -0.2) is 29.2 Å². The molecule has 1 aliphatic heterocycles. The van der Waals surface area contributed by atoms with Gasteiger partial charge in [0.1, 0.15) is 12.4 Å². The molecule has 0 atom stereocenters. The van der Waals surface area contributed by atoms with Crippen molar-refractivity contribution in [2.24, 2.45) is 0 Å². The minimum atomic E-state index is -4.42. The molecule has 0 spiro atoms. The summed E-state index contributed by atoms with van der Waals surface area (Å²) in [6.45, 7) is 2.19. The van der Waals surface area contributed by atoms with Gasteiger partial charge in [0.2, 0.25) is 0 Å². The second kappa shape index (κ2) is 8.10. The molecule has 0 bridgehead atoms.